The van der Waals surface area contributed by atoms with Gasteiger partial charge in [-0.2, -0.15) is 5.10 Å². The minimum absolute atomic E-state index is 0.0768. The summed E-state index contributed by atoms with van der Waals surface area (Å²) in [6, 6.07) is 18.3. The van der Waals surface area contributed by atoms with Crippen LogP contribution in [-0.2, 0) is 11.3 Å². The lowest BCUT2D eigenvalue weighted by Gasteiger charge is -2.12. The van der Waals surface area contributed by atoms with E-state index >= 15 is 0 Å². The van der Waals surface area contributed by atoms with E-state index < -0.39 is 0 Å². The van der Waals surface area contributed by atoms with Gasteiger partial charge in [-0.15, -0.1) is 0 Å². The number of para-hydroxylation sites is 2. The van der Waals surface area contributed by atoms with Gasteiger partial charge in [0.2, 0.25) is 10.7 Å². The summed E-state index contributed by atoms with van der Waals surface area (Å²) in [6.45, 7) is 3.89. The molecule has 0 saturated carbocycles. The highest BCUT2D eigenvalue weighted by Gasteiger charge is 2.20. The summed E-state index contributed by atoms with van der Waals surface area (Å²) in [5, 5.41) is 8.54. The van der Waals surface area contributed by atoms with E-state index in [0.29, 0.717) is 37.6 Å². The van der Waals surface area contributed by atoms with Crippen molar-refractivity contribution in [2.24, 2.45) is 0 Å². The Bertz CT molecular complexity index is 1450. The van der Waals surface area contributed by atoms with Gasteiger partial charge in [0.25, 0.3) is 0 Å². The Hall–Kier alpha value is -3.13. The number of hydrogen-bond donors (Lipinski definition) is 1. The van der Waals surface area contributed by atoms with E-state index in [2.05, 4.69) is 10.4 Å². The quantitative estimate of drug-likeness (QED) is 0.294. The predicted octanol–water partition coefficient (Wildman–Crippen LogP) is 6.64. The van der Waals surface area contributed by atoms with Gasteiger partial charge in [0.1, 0.15) is 12.3 Å². The first-order valence-corrected chi connectivity index (χ1v) is 11.6. The molecule has 0 spiro atoms. The second-order valence-electron chi connectivity index (χ2n) is 7.69. The minimum Gasteiger partial charge on any atom is -0.495 e. The number of amides is 1. The topological polar surface area (TPSA) is 61.1 Å². The van der Waals surface area contributed by atoms with Crippen LogP contribution in [0, 0.1) is 18.6 Å². The third-order valence-electron chi connectivity index (χ3n) is 5.51. The zero-order chi connectivity index (χ0) is 24.4. The van der Waals surface area contributed by atoms with E-state index in [1.807, 2.05) is 56.3 Å². The van der Waals surface area contributed by atoms with Crippen LogP contribution in [0.3, 0.4) is 0 Å². The SMILES string of the molecule is COc1ccccc1-n1c(-c2ccc(Cl)cc2Cl)nn(CC(=O)Nc2cccc(C)c2C)c1=S. The molecule has 9 heteroatoms. The van der Waals surface area contributed by atoms with E-state index in [-0.39, 0.29) is 12.5 Å². The number of nitrogens with zero attached hydrogens (tertiary/aromatic N) is 3. The highest BCUT2D eigenvalue weighted by molar-refractivity contribution is 7.71. The average molecular weight is 513 g/mol. The van der Waals surface area contributed by atoms with Crippen LogP contribution in [0.25, 0.3) is 17.1 Å². The zero-order valence-electron chi connectivity index (χ0n) is 18.8. The highest BCUT2D eigenvalue weighted by atomic mass is 35.5. The standard InChI is InChI=1S/C25H22Cl2N4O2S/c1-15-7-6-8-20(16(15)2)28-23(32)14-30-25(34)31(21-9-4-5-10-22(21)33-3)24(29-30)18-12-11-17(26)13-19(18)27/h4-13H,14H2,1-3H3,(H,28,32). The normalized spacial score (nSPS) is 10.9. The Kier molecular flexibility index (Phi) is 7.07. The lowest BCUT2D eigenvalue weighted by Crippen LogP contribution is -2.20. The molecule has 1 N–H and O–H groups in total. The number of hydrogen-bond acceptors (Lipinski definition) is 4. The minimum atomic E-state index is -0.247. The number of anilines is 1. The van der Waals surface area contributed by atoms with Crippen LogP contribution in [0.1, 0.15) is 11.1 Å². The first-order valence-electron chi connectivity index (χ1n) is 10.4. The maximum absolute atomic E-state index is 12.9. The van der Waals surface area contributed by atoms with Crippen molar-refractivity contribution in [3.8, 4) is 22.8 Å². The molecule has 174 valence electrons. The molecule has 4 rings (SSSR count). The number of aryl methyl sites for hydroxylation is 1. The summed E-state index contributed by atoms with van der Waals surface area (Å²) >= 11 is 18.4. The average Bonchev–Trinajstić information content (AvgIpc) is 3.12. The van der Waals surface area contributed by atoms with Gasteiger partial charge < -0.3 is 10.1 Å². The number of carbonyl (C=O) groups excluding carboxylic acids is 1. The van der Waals surface area contributed by atoms with Gasteiger partial charge in [-0.05, 0) is 73.6 Å². The molecule has 0 atom stereocenters. The number of methoxy groups -OCH3 is 1. The number of nitrogens with one attached hydrogen (secondary N) is 1. The van der Waals surface area contributed by atoms with Crippen LogP contribution < -0.4 is 10.1 Å². The van der Waals surface area contributed by atoms with E-state index in [4.69, 9.17) is 40.2 Å². The zero-order valence-corrected chi connectivity index (χ0v) is 21.1. The van der Waals surface area contributed by atoms with Crippen LogP contribution in [-0.4, -0.2) is 27.4 Å². The molecule has 1 aromatic heterocycles. The number of ether oxygens (including phenoxy) is 1. The van der Waals surface area contributed by atoms with Crippen molar-refractivity contribution < 1.29 is 9.53 Å². The molecule has 0 aliphatic heterocycles. The monoisotopic (exact) mass is 512 g/mol. The fraction of sp³-hybridized carbons (Fsp3) is 0.160. The van der Waals surface area contributed by atoms with Gasteiger partial charge in [0.05, 0.1) is 17.8 Å². The summed E-state index contributed by atoms with van der Waals surface area (Å²) in [4.78, 5) is 12.9. The van der Waals surface area contributed by atoms with E-state index in [0.717, 1.165) is 16.8 Å². The molecule has 0 aliphatic rings. The second-order valence-corrected chi connectivity index (χ2v) is 8.90. The fourth-order valence-electron chi connectivity index (χ4n) is 3.60. The summed E-state index contributed by atoms with van der Waals surface area (Å²) in [5.74, 6) is 0.822. The van der Waals surface area contributed by atoms with Crippen molar-refractivity contribution in [2.45, 2.75) is 20.4 Å². The van der Waals surface area contributed by atoms with Crippen molar-refractivity contribution >= 4 is 47.0 Å². The van der Waals surface area contributed by atoms with Crippen molar-refractivity contribution in [1.29, 1.82) is 0 Å². The lowest BCUT2D eigenvalue weighted by molar-refractivity contribution is -0.116. The maximum atomic E-state index is 12.9. The first kappa shape index (κ1) is 24.0. The van der Waals surface area contributed by atoms with Crippen molar-refractivity contribution in [3.63, 3.8) is 0 Å². The number of halogens is 2. The summed E-state index contributed by atoms with van der Waals surface area (Å²) < 4.78 is 9.09. The van der Waals surface area contributed by atoms with Gasteiger partial charge in [-0.25, -0.2) is 4.68 Å². The Morgan fingerprint density at radius 1 is 1.09 bits per heavy atom. The molecule has 3 aromatic carbocycles. The van der Waals surface area contributed by atoms with Crippen LogP contribution in [0.5, 0.6) is 5.75 Å². The molecule has 34 heavy (non-hydrogen) atoms. The van der Waals surface area contributed by atoms with Crippen molar-refractivity contribution in [1.82, 2.24) is 14.3 Å². The van der Waals surface area contributed by atoms with Crippen LogP contribution >= 0.6 is 35.4 Å². The van der Waals surface area contributed by atoms with Crippen LogP contribution in [0.2, 0.25) is 10.0 Å². The van der Waals surface area contributed by atoms with Gasteiger partial charge in [0.15, 0.2) is 5.82 Å². The lowest BCUT2D eigenvalue weighted by atomic mass is 10.1. The Labute approximate surface area is 212 Å². The molecule has 1 heterocycles. The van der Waals surface area contributed by atoms with Gasteiger partial charge >= 0.3 is 0 Å². The molecule has 6 nitrogen and oxygen atoms in total. The number of benzene rings is 3. The van der Waals surface area contributed by atoms with Crippen molar-refractivity contribution in [3.05, 3.63) is 86.6 Å². The molecule has 0 saturated heterocycles. The van der Waals surface area contributed by atoms with E-state index in [1.54, 1.807) is 29.9 Å². The second kappa shape index (κ2) is 10.0. The number of carbonyl (C=O) groups is 1. The molecule has 0 unspecified atom stereocenters. The largest absolute Gasteiger partial charge is 0.495 e. The maximum Gasteiger partial charge on any atom is 0.246 e. The van der Waals surface area contributed by atoms with Gasteiger partial charge in [-0.3, -0.25) is 9.36 Å². The molecule has 0 aliphatic carbocycles. The molecular weight excluding hydrogens is 491 g/mol. The predicted molar refractivity (Wildman–Crippen MR) is 139 cm³/mol. The Balaban J connectivity index is 1.80. The molecule has 0 fully saturated rings. The molecule has 0 bridgehead atoms. The highest BCUT2D eigenvalue weighted by Crippen LogP contribution is 2.33. The van der Waals surface area contributed by atoms with Gasteiger partial charge in [0, 0.05) is 16.3 Å². The van der Waals surface area contributed by atoms with Gasteiger partial charge in [-0.1, -0.05) is 47.5 Å². The molecule has 1 amide bonds. The number of aromatic nitrogens is 3. The first-order chi connectivity index (χ1) is 16.3. The molecule has 0 radical (unpaired) electrons. The fourth-order valence-corrected chi connectivity index (χ4v) is 4.38. The third-order valence-corrected chi connectivity index (χ3v) is 6.45. The number of rotatable bonds is 6. The molecular formula is C25H22Cl2N4O2S. The summed E-state index contributed by atoms with van der Waals surface area (Å²) in [7, 11) is 1.58. The summed E-state index contributed by atoms with van der Waals surface area (Å²) in [6.07, 6.45) is 0. The smallest absolute Gasteiger partial charge is 0.246 e. The van der Waals surface area contributed by atoms with Crippen LogP contribution in [0.4, 0.5) is 5.69 Å². The molecule has 4 aromatic rings. The Morgan fingerprint density at radius 2 is 1.85 bits per heavy atom. The van der Waals surface area contributed by atoms with E-state index in [9.17, 15) is 4.79 Å². The Morgan fingerprint density at radius 3 is 2.59 bits per heavy atom. The van der Waals surface area contributed by atoms with Crippen LogP contribution in [0.15, 0.2) is 60.7 Å². The third kappa shape index (κ3) is 4.73. The van der Waals surface area contributed by atoms with E-state index in [1.165, 1.54) is 4.68 Å². The summed E-state index contributed by atoms with van der Waals surface area (Å²) in [5.41, 5.74) is 4.15. The van der Waals surface area contributed by atoms with Crippen molar-refractivity contribution in [2.75, 3.05) is 12.4 Å².